The van der Waals surface area contributed by atoms with Crippen molar-refractivity contribution in [3.05, 3.63) is 41.7 Å². The Morgan fingerprint density at radius 3 is 2.84 bits per heavy atom. The maximum absolute atomic E-state index is 14.7. The number of benzene rings is 1. The third kappa shape index (κ3) is 3.97. The lowest BCUT2D eigenvalue weighted by atomic mass is 9.84. The van der Waals surface area contributed by atoms with E-state index >= 15 is 0 Å². The molecule has 2 N–H and O–H groups in total. The van der Waals surface area contributed by atoms with Gasteiger partial charge in [-0.15, -0.1) is 10.2 Å². The fourth-order valence-corrected chi connectivity index (χ4v) is 4.78. The molecule has 0 saturated carbocycles. The minimum Gasteiger partial charge on any atom is -0.507 e. The minimum atomic E-state index is -1.07. The van der Waals surface area contributed by atoms with Gasteiger partial charge in [0.1, 0.15) is 11.9 Å². The van der Waals surface area contributed by atoms with Crippen molar-refractivity contribution in [3.8, 4) is 34.0 Å². The van der Waals surface area contributed by atoms with Crippen molar-refractivity contribution in [1.82, 2.24) is 25.3 Å². The topological polar surface area (TPSA) is 85.1 Å². The maximum Gasteiger partial charge on any atom is 0.233 e. The van der Waals surface area contributed by atoms with Crippen LogP contribution in [0.5, 0.6) is 11.6 Å². The average Bonchev–Trinajstić information content (AvgIpc) is 3.20. The Labute approximate surface area is 184 Å². The lowest BCUT2D eigenvalue weighted by Gasteiger charge is -2.42. The van der Waals surface area contributed by atoms with E-state index in [4.69, 9.17) is 16.3 Å². The number of rotatable bonds is 4. The number of phenols is 1. The van der Waals surface area contributed by atoms with E-state index in [0.29, 0.717) is 34.3 Å². The fraction of sp³-hybridized carbons (Fsp3) is 0.409. The third-order valence-corrected chi connectivity index (χ3v) is 6.38. The number of nitrogens with zero attached hydrogens (tertiary/aromatic N) is 4. The molecule has 7 nitrogen and oxygen atoms in total. The molecule has 0 amide bonds. The van der Waals surface area contributed by atoms with Gasteiger partial charge in [-0.2, -0.15) is 5.10 Å². The smallest absolute Gasteiger partial charge is 0.233 e. The van der Waals surface area contributed by atoms with E-state index in [1.165, 1.54) is 0 Å². The van der Waals surface area contributed by atoms with E-state index in [1.54, 1.807) is 35.1 Å². The quantitative estimate of drug-likeness (QED) is 0.636. The Morgan fingerprint density at radius 2 is 2.10 bits per heavy atom. The van der Waals surface area contributed by atoms with Crippen LogP contribution in [0, 0.1) is 0 Å². The normalized spacial score (nSPS) is 25.4. The molecule has 1 aromatic carbocycles. The number of piperidine rings is 2. The number of halogens is 2. The molecule has 2 fully saturated rings. The molecular formula is C22H23ClFN5O2. The summed E-state index contributed by atoms with van der Waals surface area (Å²) in [6, 6.07) is 6.71. The van der Waals surface area contributed by atoms with Crippen molar-refractivity contribution in [1.29, 1.82) is 0 Å². The monoisotopic (exact) mass is 443 g/mol. The van der Waals surface area contributed by atoms with Crippen LogP contribution in [0.3, 0.4) is 0 Å². The molecule has 9 heteroatoms. The number of aryl methyl sites for hydroxylation is 1. The van der Waals surface area contributed by atoms with Crippen LogP contribution in [0.15, 0.2) is 36.7 Å². The van der Waals surface area contributed by atoms with Crippen LogP contribution >= 0.6 is 11.6 Å². The summed E-state index contributed by atoms with van der Waals surface area (Å²) in [4.78, 5) is 0. The van der Waals surface area contributed by atoms with E-state index in [-0.39, 0.29) is 17.7 Å². The van der Waals surface area contributed by atoms with Crippen LogP contribution in [0.1, 0.15) is 25.7 Å². The fourth-order valence-electron chi connectivity index (χ4n) is 4.50. The van der Waals surface area contributed by atoms with Crippen molar-refractivity contribution in [2.24, 2.45) is 7.05 Å². The van der Waals surface area contributed by atoms with Crippen molar-refractivity contribution in [2.75, 3.05) is 0 Å². The van der Waals surface area contributed by atoms with Crippen LogP contribution < -0.4 is 10.1 Å². The number of hydrogen-bond donors (Lipinski definition) is 2. The molecule has 2 bridgehead atoms. The van der Waals surface area contributed by atoms with Crippen molar-refractivity contribution in [3.63, 3.8) is 0 Å². The van der Waals surface area contributed by atoms with Crippen molar-refractivity contribution in [2.45, 2.75) is 50.0 Å². The molecule has 3 aromatic rings. The Kier molecular flexibility index (Phi) is 5.27. The molecule has 4 heterocycles. The summed E-state index contributed by atoms with van der Waals surface area (Å²) in [5, 5.41) is 26.8. The predicted molar refractivity (Wildman–Crippen MR) is 115 cm³/mol. The van der Waals surface area contributed by atoms with Gasteiger partial charge in [-0.1, -0.05) is 18.0 Å². The zero-order valence-corrected chi connectivity index (χ0v) is 17.8. The number of aromatic hydroxyl groups is 1. The van der Waals surface area contributed by atoms with Crippen LogP contribution in [-0.4, -0.2) is 49.4 Å². The van der Waals surface area contributed by atoms with Gasteiger partial charge < -0.3 is 15.2 Å². The van der Waals surface area contributed by atoms with Crippen molar-refractivity contribution >= 4 is 11.6 Å². The molecule has 0 radical (unpaired) electrons. The average molecular weight is 444 g/mol. The lowest BCUT2D eigenvalue weighted by Crippen LogP contribution is -2.59. The number of aromatic nitrogens is 4. The molecule has 5 rings (SSSR count). The SMILES string of the molecule is Cn1cc(-c2cc(O)c(-c3ccc(O[C@H]4C[C@@H]5CCC[C@@H](N5)[C@H]4F)nn3)cc2Cl)cn1. The first-order chi connectivity index (χ1) is 15.0. The van der Waals surface area contributed by atoms with E-state index in [2.05, 4.69) is 20.6 Å². The molecule has 4 atom stereocenters. The number of fused-ring (bicyclic) bond motifs is 2. The highest BCUT2D eigenvalue weighted by Gasteiger charge is 2.41. The van der Waals surface area contributed by atoms with Crippen LogP contribution in [-0.2, 0) is 7.05 Å². The van der Waals surface area contributed by atoms with E-state index in [1.807, 2.05) is 13.2 Å². The van der Waals surface area contributed by atoms with Gasteiger partial charge >= 0.3 is 0 Å². The predicted octanol–water partition coefficient (Wildman–Crippen LogP) is 3.90. The molecule has 2 aromatic heterocycles. The Balaban J connectivity index is 1.35. The van der Waals surface area contributed by atoms with Crippen LogP contribution in [0.25, 0.3) is 22.4 Å². The second-order valence-corrected chi connectivity index (χ2v) is 8.65. The van der Waals surface area contributed by atoms with E-state index < -0.39 is 12.3 Å². The summed E-state index contributed by atoms with van der Waals surface area (Å²) in [5.74, 6) is 0.301. The van der Waals surface area contributed by atoms with Gasteiger partial charge in [0.15, 0.2) is 6.17 Å². The van der Waals surface area contributed by atoms with E-state index in [0.717, 1.165) is 24.8 Å². The summed E-state index contributed by atoms with van der Waals surface area (Å²) in [6.45, 7) is 0. The first-order valence-corrected chi connectivity index (χ1v) is 10.8. The summed E-state index contributed by atoms with van der Waals surface area (Å²) in [7, 11) is 1.81. The van der Waals surface area contributed by atoms with Gasteiger partial charge in [-0.3, -0.25) is 4.68 Å². The summed E-state index contributed by atoms with van der Waals surface area (Å²) in [6.07, 6.45) is 5.45. The van der Waals surface area contributed by atoms with Gasteiger partial charge in [0.2, 0.25) is 5.88 Å². The third-order valence-electron chi connectivity index (χ3n) is 6.06. The molecule has 2 saturated heterocycles. The zero-order chi connectivity index (χ0) is 21.5. The van der Waals surface area contributed by atoms with Gasteiger partial charge in [-0.25, -0.2) is 4.39 Å². The second-order valence-electron chi connectivity index (χ2n) is 8.25. The molecule has 2 aliphatic rings. The molecule has 162 valence electrons. The molecule has 0 unspecified atom stereocenters. The molecule has 31 heavy (non-hydrogen) atoms. The molecule has 0 spiro atoms. The number of alkyl halides is 1. The number of hydrogen-bond acceptors (Lipinski definition) is 6. The molecule has 2 aliphatic heterocycles. The lowest BCUT2D eigenvalue weighted by molar-refractivity contribution is 0.00652. The first-order valence-electron chi connectivity index (χ1n) is 10.4. The Bertz CT molecular complexity index is 1090. The van der Waals surface area contributed by atoms with Gasteiger partial charge in [0.25, 0.3) is 0 Å². The second kappa shape index (κ2) is 8.09. The minimum absolute atomic E-state index is 0.0289. The molecular weight excluding hydrogens is 421 g/mol. The summed E-state index contributed by atoms with van der Waals surface area (Å²) >= 11 is 6.45. The Hall–Kier alpha value is -2.71. The number of ether oxygens (including phenoxy) is 1. The standard InChI is InChI=1S/C22H23ClFN5O2/c1-29-11-12(10-25-29)14-9-19(30)15(8-16(14)23)17-5-6-21(28-27-17)31-20-7-13-3-2-4-18(26-13)22(20)24/h5-6,8-11,13,18,20,22,26,30H,2-4,7H2,1H3/t13-,18+,20-,22+/m0/s1. The van der Waals surface area contributed by atoms with Gasteiger partial charge in [-0.05, 0) is 31.0 Å². The Morgan fingerprint density at radius 1 is 1.23 bits per heavy atom. The number of nitrogens with one attached hydrogen (secondary N) is 1. The van der Waals surface area contributed by atoms with Crippen molar-refractivity contribution < 1.29 is 14.2 Å². The van der Waals surface area contributed by atoms with Gasteiger partial charge in [0.05, 0.1) is 11.9 Å². The first kappa shape index (κ1) is 20.2. The van der Waals surface area contributed by atoms with Crippen LogP contribution in [0.2, 0.25) is 5.02 Å². The highest BCUT2D eigenvalue weighted by Crippen LogP contribution is 2.38. The highest BCUT2D eigenvalue weighted by atomic mass is 35.5. The van der Waals surface area contributed by atoms with E-state index in [9.17, 15) is 9.50 Å². The zero-order valence-electron chi connectivity index (χ0n) is 17.0. The van der Waals surface area contributed by atoms with Crippen LogP contribution in [0.4, 0.5) is 4.39 Å². The maximum atomic E-state index is 14.7. The van der Waals surface area contributed by atoms with Gasteiger partial charge in [0, 0.05) is 59.5 Å². The summed E-state index contributed by atoms with van der Waals surface area (Å²) < 4.78 is 22.2. The highest BCUT2D eigenvalue weighted by molar-refractivity contribution is 6.33. The summed E-state index contributed by atoms with van der Waals surface area (Å²) in [5.41, 5.74) is 2.38. The largest absolute Gasteiger partial charge is 0.507 e. The molecule has 0 aliphatic carbocycles. The number of phenolic OH excluding ortho intramolecular Hbond substituents is 1.